The van der Waals surface area contributed by atoms with E-state index in [4.69, 9.17) is 4.74 Å². The molecule has 2 rings (SSSR count). The Morgan fingerprint density at radius 1 is 1.55 bits per heavy atom. The Hall–Kier alpha value is -1.56. The van der Waals surface area contributed by atoms with Crippen molar-refractivity contribution >= 4 is 39.1 Å². The maximum Gasteiger partial charge on any atom is 0.228 e. The number of carbonyl (C=O) groups is 2. The number of anilines is 2. The van der Waals surface area contributed by atoms with Crippen molar-refractivity contribution in [1.29, 1.82) is 0 Å². The van der Waals surface area contributed by atoms with Crippen molar-refractivity contribution in [1.82, 2.24) is 0 Å². The highest BCUT2D eigenvalue weighted by Crippen LogP contribution is 2.34. The number of ether oxygens (including phenoxy) is 1. The van der Waals surface area contributed by atoms with E-state index in [0.717, 1.165) is 0 Å². The summed E-state index contributed by atoms with van der Waals surface area (Å²) in [5, 5.41) is 2.82. The Bertz CT molecular complexity index is 533. The summed E-state index contributed by atoms with van der Waals surface area (Å²) in [6.45, 7) is 2.37. The molecule has 1 saturated heterocycles. The van der Waals surface area contributed by atoms with Crippen LogP contribution in [0.15, 0.2) is 18.2 Å². The van der Waals surface area contributed by atoms with Gasteiger partial charge < -0.3 is 15.0 Å². The summed E-state index contributed by atoms with van der Waals surface area (Å²) in [5.41, 5.74) is 1.31. The fourth-order valence-electron chi connectivity index (χ4n) is 2.10. The molecule has 6 heteroatoms. The topological polar surface area (TPSA) is 58.6 Å². The van der Waals surface area contributed by atoms with E-state index in [1.807, 2.05) is 0 Å². The Morgan fingerprint density at radius 2 is 2.30 bits per heavy atom. The van der Waals surface area contributed by atoms with Gasteiger partial charge in [-0.2, -0.15) is 0 Å². The lowest BCUT2D eigenvalue weighted by molar-refractivity contribution is -0.117. The summed E-state index contributed by atoms with van der Waals surface area (Å²) in [5.74, 6) is 0.603. The Balaban J connectivity index is 2.37. The summed E-state index contributed by atoms with van der Waals surface area (Å²) >= 11 is 3.46. The molecular formula is C14H17BrN2O3. The van der Waals surface area contributed by atoms with Crippen LogP contribution >= 0.6 is 15.9 Å². The van der Waals surface area contributed by atoms with Crippen LogP contribution in [0.1, 0.15) is 19.8 Å². The van der Waals surface area contributed by atoms with Crippen molar-refractivity contribution in [3.05, 3.63) is 18.2 Å². The molecule has 1 aromatic carbocycles. The molecule has 0 spiro atoms. The normalized spacial score (nSPS) is 18.2. The molecule has 0 bridgehead atoms. The van der Waals surface area contributed by atoms with Gasteiger partial charge in [-0.05, 0) is 12.1 Å². The Kier molecular flexibility index (Phi) is 4.65. The van der Waals surface area contributed by atoms with Gasteiger partial charge >= 0.3 is 0 Å². The van der Waals surface area contributed by atoms with Gasteiger partial charge in [-0.1, -0.05) is 22.9 Å². The predicted octanol–water partition coefficient (Wildman–Crippen LogP) is 2.54. The van der Waals surface area contributed by atoms with Gasteiger partial charge in [0.25, 0.3) is 0 Å². The molecule has 5 nitrogen and oxygen atoms in total. The van der Waals surface area contributed by atoms with Crippen molar-refractivity contribution < 1.29 is 14.3 Å². The lowest BCUT2D eigenvalue weighted by atomic mass is 10.2. The van der Waals surface area contributed by atoms with E-state index in [-0.39, 0.29) is 16.6 Å². The van der Waals surface area contributed by atoms with E-state index in [9.17, 15) is 9.59 Å². The highest BCUT2D eigenvalue weighted by Gasteiger charge is 2.30. The number of rotatable bonds is 4. The minimum absolute atomic E-state index is 0.0344. The molecule has 1 atom stereocenters. The smallest absolute Gasteiger partial charge is 0.228 e. The minimum Gasteiger partial charge on any atom is -0.497 e. The maximum atomic E-state index is 12.0. The van der Waals surface area contributed by atoms with Gasteiger partial charge in [-0.25, -0.2) is 0 Å². The largest absolute Gasteiger partial charge is 0.497 e. The Labute approximate surface area is 126 Å². The lowest BCUT2D eigenvalue weighted by Gasteiger charge is -2.21. The molecule has 2 amide bonds. The van der Waals surface area contributed by atoms with E-state index < -0.39 is 0 Å². The van der Waals surface area contributed by atoms with Crippen molar-refractivity contribution in [2.24, 2.45) is 0 Å². The zero-order chi connectivity index (χ0) is 14.7. The summed E-state index contributed by atoms with van der Waals surface area (Å²) in [7, 11) is 1.57. The second kappa shape index (κ2) is 6.26. The molecule has 20 heavy (non-hydrogen) atoms. The van der Waals surface area contributed by atoms with Crippen LogP contribution in [-0.4, -0.2) is 30.3 Å². The number of benzene rings is 1. The summed E-state index contributed by atoms with van der Waals surface area (Å²) in [6, 6.07) is 5.30. The summed E-state index contributed by atoms with van der Waals surface area (Å²) < 4.78 is 5.20. The molecule has 1 aromatic rings. The zero-order valence-corrected chi connectivity index (χ0v) is 13.1. The fourth-order valence-corrected chi connectivity index (χ4v) is 2.67. The van der Waals surface area contributed by atoms with Gasteiger partial charge in [0.2, 0.25) is 11.8 Å². The third-order valence-corrected chi connectivity index (χ3v) is 3.78. The first kappa shape index (κ1) is 14.8. The van der Waals surface area contributed by atoms with Crippen molar-refractivity contribution in [2.75, 3.05) is 23.9 Å². The summed E-state index contributed by atoms with van der Waals surface area (Å²) in [4.78, 5) is 25.4. The Morgan fingerprint density at radius 3 is 2.85 bits per heavy atom. The van der Waals surface area contributed by atoms with Crippen LogP contribution in [0.5, 0.6) is 5.75 Å². The first-order valence-corrected chi connectivity index (χ1v) is 7.39. The number of hydrogen-bond acceptors (Lipinski definition) is 3. The number of nitrogens with zero attached hydrogens (tertiary/aromatic N) is 1. The number of carbonyl (C=O) groups excluding carboxylic acids is 2. The molecule has 1 unspecified atom stereocenters. The first-order chi connectivity index (χ1) is 9.55. The lowest BCUT2D eigenvalue weighted by Crippen LogP contribution is -2.26. The standard InChI is InChI=1S/C14H17BrN2O3/c1-3-13(18)16-11-5-4-10(20-2)7-12(11)17-8-9(15)6-14(17)19/h4-5,7,9H,3,6,8H2,1-2H3,(H,16,18). The third kappa shape index (κ3) is 3.12. The van der Waals surface area contributed by atoms with Crippen LogP contribution in [0, 0.1) is 0 Å². The molecule has 1 heterocycles. The molecule has 0 radical (unpaired) electrons. The first-order valence-electron chi connectivity index (χ1n) is 6.47. The highest BCUT2D eigenvalue weighted by molar-refractivity contribution is 9.09. The van der Waals surface area contributed by atoms with Crippen LogP contribution in [0.3, 0.4) is 0 Å². The van der Waals surface area contributed by atoms with Crippen molar-refractivity contribution in [3.63, 3.8) is 0 Å². The van der Waals surface area contributed by atoms with Gasteiger partial charge in [0.1, 0.15) is 5.75 Å². The number of halogens is 1. The SMILES string of the molecule is CCC(=O)Nc1ccc(OC)cc1N1CC(Br)CC1=O. The van der Waals surface area contributed by atoms with Crippen LogP contribution in [-0.2, 0) is 9.59 Å². The quantitative estimate of drug-likeness (QED) is 0.857. The number of nitrogens with one attached hydrogen (secondary N) is 1. The van der Waals surface area contributed by atoms with Gasteiger partial charge in [0, 0.05) is 30.3 Å². The second-order valence-electron chi connectivity index (χ2n) is 4.59. The molecule has 1 aliphatic heterocycles. The van der Waals surface area contributed by atoms with Gasteiger partial charge in [0.15, 0.2) is 0 Å². The van der Waals surface area contributed by atoms with Crippen LogP contribution in [0.25, 0.3) is 0 Å². The number of hydrogen-bond donors (Lipinski definition) is 1. The van der Waals surface area contributed by atoms with E-state index in [1.165, 1.54) is 0 Å². The van der Waals surface area contributed by atoms with E-state index in [0.29, 0.717) is 36.5 Å². The molecule has 1 fully saturated rings. The molecule has 0 aromatic heterocycles. The number of methoxy groups -OCH3 is 1. The molecule has 1 N–H and O–H groups in total. The van der Waals surface area contributed by atoms with Gasteiger partial charge in [0.05, 0.1) is 18.5 Å². The van der Waals surface area contributed by atoms with Crippen LogP contribution in [0.4, 0.5) is 11.4 Å². The average Bonchev–Trinajstić information content (AvgIpc) is 2.77. The molecule has 0 aliphatic carbocycles. The van der Waals surface area contributed by atoms with Crippen molar-refractivity contribution in [2.45, 2.75) is 24.6 Å². The molecule has 1 aliphatic rings. The zero-order valence-electron chi connectivity index (χ0n) is 11.5. The third-order valence-electron chi connectivity index (χ3n) is 3.17. The second-order valence-corrected chi connectivity index (χ2v) is 5.89. The van der Waals surface area contributed by atoms with E-state index >= 15 is 0 Å². The minimum atomic E-state index is -0.0848. The summed E-state index contributed by atoms with van der Waals surface area (Å²) in [6.07, 6.45) is 0.846. The molecular weight excluding hydrogens is 324 g/mol. The van der Waals surface area contributed by atoms with E-state index in [2.05, 4.69) is 21.2 Å². The highest BCUT2D eigenvalue weighted by atomic mass is 79.9. The van der Waals surface area contributed by atoms with Gasteiger partial charge in [-0.3, -0.25) is 9.59 Å². The number of alkyl halides is 1. The monoisotopic (exact) mass is 340 g/mol. The van der Waals surface area contributed by atoms with Crippen molar-refractivity contribution in [3.8, 4) is 5.75 Å². The number of amides is 2. The van der Waals surface area contributed by atoms with E-state index in [1.54, 1.807) is 37.1 Å². The fraction of sp³-hybridized carbons (Fsp3) is 0.429. The van der Waals surface area contributed by atoms with Gasteiger partial charge in [-0.15, -0.1) is 0 Å². The predicted molar refractivity (Wildman–Crippen MR) is 81.6 cm³/mol. The molecule has 0 saturated carbocycles. The average molecular weight is 341 g/mol. The maximum absolute atomic E-state index is 12.0. The molecule has 108 valence electrons. The van der Waals surface area contributed by atoms with Crippen LogP contribution < -0.4 is 15.0 Å². The van der Waals surface area contributed by atoms with Crippen LogP contribution in [0.2, 0.25) is 0 Å².